The van der Waals surface area contributed by atoms with Crippen LogP contribution >= 0.6 is 34.2 Å². The Bertz CT molecular complexity index is 267. The van der Waals surface area contributed by atoms with Gasteiger partial charge in [0.1, 0.15) is 3.70 Å². The molecule has 0 fully saturated rings. The van der Waals surface area contributed by atoms with Crippen LogP contribution < -0.4 is 0 Å². The molecule has 1 aromatic rings. The van der Waals surface area contributed by atoms with Gasteiger partial charge in [-0.2, -0.15) is 0 Å². The maximum atomic E-state index is 12.1. The van der Waals surface area contributed by atoms with Gasteiger partial charge in [-0.25, -0.2) is 13.8 Å². The lowest BCUT2D eigenvalue weighted by Crippen LogP contribution is -1.90. The Labute approximate surface area is 80.9 Å². The zero-order valence-corrected chi connectivity index (χ0v) is 8.10. The van der Waals surface area contributed by atoms with E-state index in [1.54, 1.807) is 22.6 Å². The molecule has 0 radical (unpaired) electrons. The van der Waals surface area contributed by atoms with E-state index in [0.717, 1.165) is 0 Å². The van der Waals surface area contributed by atoms with Gasteiger partial charge in [0.25, 0.3) is 6.43 Å². The first-order valence-electron chi connectivity index (χ1n) is 2.71. The Hall–Kier alpha value is 0.0300. The molecule has 1 heterocycles. The van der Waals surface area contributed by atoms with Crippen LogP contribution in [0.15, 0.2) is 12.3 Å². The third kappa shape index (κ3) is 1.99. The van der Waals surface area contributed by atoms with Crippen molar-refractivity contribution in [2.24, 2.45) is 0 Å². The maximum Gasteiger partial charge on any atom is 0.265 e. The second-order valence-electron chi connectivity index (χ2n) is 1.81. The predicted octanol–water partition coefficient (Wildman–Crippen LogP) is 3.28. The van der Waals surface area contributed by atoms with Gasteiger partial charge in [0.2, 0.25) is 0 Å². The standard InChI is InChI=1S/C6H3ClF2IN/c7-4-3(5(8)9)1-2-11-6(4)10/h1-2,5H. The van der Waals surface area contributed by atoms with Crippen LogP contribution in [0.4, 0.5) is 8.78 Å². The largest absolute Gasteiger partial charge is 0.265 e. The molecule has 0 aromatic carbocycles. The summed E-state index contributed by atoms with van der Waals surface area (Å²) in [5.41, 5.74) is -0.161. The third-order valence-corrected chi connectivity index (χ3v) is 2.65. The van der Waals surface area contributed by atoms with Gasteiger partial charge < -0.3 is 0 Å². The van der Waals surface area contributed by atoms with E-state index in [9.17, 15) is 8.78 Å². The van der Waals surface area contributed by atoms with Gasteiger partial charge in [0.15, 0.2) is 0 Å². The minimum atomic E-state index is -2.53. The lowest BCUT2D eigenvalue weighted by molar-refractivity contribution is 0.151. The second-order valence-corrected chi connectivity index (χ2v) is 3.21. The van der Waals surface area contributed by atoms with E-state index < -0.39 is 6.43 Å². The summed E-state index contributed by atoms with van der Waals surface area (Å²) >= 11 is 7.35. The van der Waals surface area contributed by atoms with E-state index >= 15 is 0 Å². The van der Waals surface area contributed by atoms with Gasteiger partial charge in [-0.3, -0.25) is 0 Å². The first-order chi connectivity index (χ1) is 5.13. The molecular formula is C6H3ClF2IN. The van der Waals surface area contributed by atoms with Crippen LogP contribution in [-0.2, 0) is 0 Å². The van der Waals surface area contributed by atoms with Crippen LogP contribution in [0, 0.1) is 3.70 Å². The van der Waals surface area contributed by atoms with E-state index in [1.165, 1.54) is 12.3 Å². The number of halogens is 4. The van der Waals surface area contributed by atoms with E-state index in [1.807, 2.05) is 0 Å². The second kappa shape index (κ2) is 3.62. The Morgan fingerprint density at radius 1 is 1.55 bits per heavy atom. The molecule has 1 nitrogen and oxygen atoms in total. The average molecular weight is 289 g/mol. The molecular weight excluding hydrogens is 286 g/mol. The van der Waals surface area contributed by atoms with Gasteiger partial charge >= 0.3 is 0 Å². The summed E-state index contributed by atoms with van der Waals surface area (Å²) in [6.07, 6.45) is -1.21. The van der Waals surface area contributed by atoms with Crippen molar-refractivity contribution in [1.82, 2.24) is 4.98 Å². The normalized spacial score (nSPS) is 10.6. The Balaban J connectivity index is 3.17. The molecule has 0 aliphatic carbocycles. The highest BCUT2D eigenvalue weighted by atomic mass is 127. The topological polar surface area (TPSA) is 12.9 Å². The number of hydrogen-bond donors (Lipinski definition) is 0. The molecule has 5 heteroatoms. The first kappa shape index (κ1) is 9.12. The van der Waals surface area contributed by atoms with E-state index in [0.29, 0.717) is 3.70 Å². The number of nitrogens with zero attached hydrogens (tertiary/aromatic N) is 1. The van der Waals surface area contributed by atoms with Gasteiger partial charge in [-0.1, -0.05) is 11.6 Å². The highest BCUT2D eigenvalue weighted by molar-refractivity contribution is 14.1. The number of hydrogen-bond acceptors (Lipinski definition) is 1. The van der Waals surface area contributed by atoms with Crippen molar-refractivity contribution in [3.8, 4) is 0 Å². The zero-order valence-electron chi connectivity index (χ0n) is 5.19. The zero-order chi connectivity index (χ0) is 8.43. The minimum absolute atomic E-state index is 0.0445. The fraction of sp³-hybridized carbons (Fsp3) is 0.167. The SMILES string of the molecule is FC(F)c1ccnc(I)c1Cl. The number of pyridine rings is 1. The van der Waals surface area contributed by atoms with Crippen LogP contribution in [-0.4, -0.2) is 4.98 Å². The van der Waals surface area contributed by atoms with Crippen LogP contribution in [0.3, 0.4) is 0 Å². The van der Waals surface area contributed by atoms with Crippen molar-refractivity contribution in [2.75, 3.05) is 0 Å². The quantitative estimate of drug-likeness (QED) is 0.571. The summed E-state index contributed by atoms with van der Waals surface area (Å²) in [7, 11) is 0. The summed E-state index contributed by atoms with van der Waals surface area (Å²) in [5, 5.41) is 0.0445. The van der Waals surface area contributed by atoms with Crippen molar-refractivity contribution in [2.45, 2.75) is 6.43 Å². The smallest absolute Gasteiger partial charge is 0.249 e. The summed E-state index contributed by atoms with van der Waals surface area (Å²) in [6, 6.07) is 1.22. The van der Waals surface area contributed by atoms with E-state index in [2.05, 4.69) is 4.98 Å². The van der Waals surface area contributed by atoms with Gasteiger partial charge in [-0.15, -0.1) is 0 Å². The molecule has 60 valence electrons. The molecule has 11 heavy (non-hydrogen) atoms. The molecule has 0 spiro atoms. The lowest BCUT2D eigenvalue weighted by Gasteiger charge is -2.02. The minimum Gasteiger partial charge on any atom is -0.249 e. The molecule has 0 saturated heterocycles. The molecule has 0 saturated carbocycles. The van der Waals surface area contributed by atoms with Crippen LogP contribution in [0.1, 0.15) is 12.0 Å². The summed E-state index contributed by atoms with van der Waals surface area (Å²) < 4.78 is 24.6. The molecule has 0 unspecified atom stereocenters. The highest BCUT2D eigenvalue weighted by Gasteiger charge is 2.13. The maximum absolute atomic E-state index is 12.1. The van der Waals surface area contributed by atoms with Crippen molar-refractivity contribution >= 4 is 34.2 Å². The highest BCUT2D eigenvalue weighted by Crippen LogP contribution is 2.28. The van der Waals surface area contributed by atoms with Gasteiger partial charge in [0, 0.05) is 11.8 Å². The molecule has 0 N–H and O–H groups in total. The predicted molar refractivity (Wildman–Crippen MR) is 46.9 cm³/mol. The van der Waals surface area contributed by atoms with Crippen molar-refractivity contribution in [3.63, 3.8) is 0 Å². The Morgan fingerprint density at radius 3 is 2.64 bits per heavy atom. The summed E-state index contributed by atoms with van der Waals surface area (Å²) in [4.78, 5) is 3.74. The Morgan fingerprint density at radius 2 is 2.18 bits per heavy atom. The lowest BCUT2D eigenvalue weighted by atomic mass is 10.3. The van der Waals surface area contributed by atoms with Crippen LogP contribution in [0.5, 0.6) is 0 Å². The average Bonchev–Trinajstić information content (AvgIpc) is 1.94. The van der Waals surface area contributed by atoms with E-state index in [4.69, 9.17) is 11.6 Å². The fourth-order valence-corrected chi connectivity index (χ4v) is 1.27. The summed E-state index contributed by atoms with van der Waals surface area (Å²) in [5.74, 6) is 0. The number of aromatic nitrogens is 1. The first-order valence-corrected chi connectivity index (χ1v) is 4.16. The molecule has 0 aliphatic rings. The molecule has 0 bridgehead atoms. The number of rotatable bonds is 1. The van der Waals surface area contributed by atoms with Gasteiger partial charge in [0.05, 0.1) is 5.02 Å². The van der Waals surface area contributed by atoms with Crippen LogP contribution in [0.2, 0.25) is 5.02 Å². The van der Waals surface area contributed by atoms with Gasteiger partial charge in [-0.05, 0) is 28.7 Å². The third-order valence-electron chi connectivity index (χ3n) is 1.11. The molecule has 0 atom stereocenters. The van der Waals surface area contributed by atoms with Crippen molar-refractivity contribution < 1.29 is 8.78 Å². The fourth-order valence-electron chi connectivity index (χ4n) is 0.600. The van der Waals surface area contributed by atoms with Crippen molar-refractivity contribution in [1.29, 1.82) is 0 Å². The number of alkyl halides is 2. The molecule has 1 aromatic heterocycles. The summed E-state index contributed by atoms with van der Waals surface area (Å²) in [6.45, 7) is 0. The van der Waals surface area contributed by atoms with Crippen molar-refractivity contribution in [3.05, 3.63) is 26.5 Å². The molecule has 0 aliphatic heterocycles. The molecule has 1 rings (SSSR count). The monoisotopic (exact) mass is 289 g/mol. The van der Waals surface area contributed by atoms with E-state index in [-0.39, 0.29) is 10.6 Å². The Kier molecular flexibility index (Phi) is 3.00. The van der Waals surface area contributed by atoms with Crippen LogP contribution in [0.25, 0.3) is 0 Å². The molecule has 0 amide bonds.